The molecule has 0 unspecified atom stereocenters. The van der Waals surface area contributed by atoms with E-state index < -0.39 is 6.10 Å². The molecule has 0 saturated carbocycles. The monoisotopic (exact) mass is 203 g/mol. The summed E-state index contributed by atoms with van der Waals surface area (Å²) in [4.78, 5) is 2.07. The van der Waals surface area contributed by atoms with Crippen molar-refractivity contribution in [3.05, 3.63) is 29.8 Å². The molecule has 0 saturated heterocycles. The highest BCUT2D eigenvalue weighted by molar-refractivity contribution is 5.55. The number of benzene rings is 1. The predicted octanol–water partition coefficient (Wildman–Crippen LogP) is 2.20. The lowest BCUT2D eigenvalue weighted by Gasteiger charge is -2.24. The van der Waals surface area contributed by atoms with Gasteiger partial charge in [-0.3, -0.25) is 0 Å². The molecular weight excluding hydrogens is 186 g/mol. The Kier molecular flexibility index (Phi) is 4.20. The van der Waals surface area contributed by atoms with Gasteiger partial charge in [0.05, 0.1) is 12.6 Å². The number of nitrogens with zero attached hydrogens (tertiary/aromatic N) is 1. The van der Waals surface area contributed by atoms with E-state index in [1.54, 1.807) is 6.92 Å². The summed E-state index contributed by atoms with van der Waals surface area (Å²) in [6, 6.07) is 7.80. The molecule has 80 valence electrons. The summed E-state index contributed by atoms with van der Waals surface area (Å²) in [5.74, 6) is 2.63. The van der Waals surface area contributed by atoms with Gasteiger partial charge in [-0.05, 0) is 19.9 Å². The molecular formula is C13H17NO. The van der Waals surface area contributed by atoms with Crippen LogP contribution in [0.4, 0.5) is 5.69 Å². The molecule has 2 heteroatoms. The predicted molar refractivity (Wildman–Crippen MR) is 63.8 cm³/mol. The van der Waals surface area contributed by atoms with E-state index in [1.165, 1.54) is 0 Å². The molecule has 0 fully saturated rings. The van der Waals surface area contributed by atoms with Crippen molar-refractivity contribution in [1.29, 1.82) is 0 Å². The summed E-state index contributed by atoms with van der Waals surface area (Å²) < 4.78 is 0. The maximum Gasteiger partial charge on any atom is 0.0791 e. The molecule has 0 amide bonds. The number of hydrogen-bond acceptors (Lipinski definition) is 2. The molecule has 0 aromatic heterocycles. The van der Waals surface area contributed by atoms with E-state index in [1.807, 2.05) is 24.3 Å². The van der Waals surface area contributed by atoms with Gasteiger partial charge in [-0.25, -0.2) is 0 Å². The lowest BCUT2D eigenvalue weighted by molar-refractivity contribution is 0.199. The summed E-state index contributed by atoms with van der Waals surface area (Å²) in [6.45, 7) is 5.23. The van der Waals surface area contributed by atoms with Crippen molar-refractivity contribution >= 4 is 5.69 Å². The maximum atomic E-state index is 9.64. The molecule has 0 aliphatic heterocycles. The lowest BCUT2D eigenvalue weighted by Crippen LogP contribution is -2.24. The van der Waals surface area contributed by atoms with Gasteiger partial charge in [-0.2, -0.15) is 0 Å². The van der Waals surface area contributed by atoms with Crippen LogP contribution in [0.25, 0.3) is 0 Å². The van der Waals surface area contributed by atoms with Crippen LogP contribution in [0, 0.1) is 12.3 Å². The second kappa shape index (κ2) is 5.43. The first-order chi connectivity index (χ1) is 7.20. The van der Waals surface area contributed by atoms with Gasteiger partial charge in [0.15, 0.2) is 0 Å². The van der Waals surface area contributed by atoms with Gasteiger partial charge >= 0.3 is 0 Å². The third kappa shape index (κ3) is 2.74. The summed E-state index contributed by atoms with van der Waals surface area (Å²) in [7, 11) is 0. The van der Waals surface area contributed by atoms with Crippen LogP contribution in [0.1, 0.15) is 25.5 Å². The Morgan fingerprint density at radius 3 is 2.67 bits per heavy atom. The second-order valence-electron chi connectivity index (χ2n) is 3.45. The molecule has 2 nitrogen and oxygen atoms in total. The van der Waals surface area contributed by atoms with E-state index in [0.29, 0.717) is 6.54 Å². The summed E-state index contributed by atoms with van der Waals surface area (Å²) in [5.41, 5.74) is 1.95. The topological polar surface area (TPSA) is 23.5 Å². The number of terminal acetylenes is 1. The number of aliphatic hydroxyl groups is 1. The van der Waals surface area contributed by atoms with Crippen LogP contribution in [-0.2, 0) is 0 Å². The number of hydrogen-bond donors (Lipinski definition) is 1. The highest BCUT2D eigenvalue weighted by atomic mass is 16.3. The minimum Gasteiger partial charge on any atom is -0.389 e. The molecule has 15 heavy (non-hydrogen) atoms. The van der Waals surface area contributed by atoms with Crippen molar-refractivity contribution in [1.82, 2.24) is 0 Å². The van der Waals surface area contributed by atoms with Crippen molar-refractivity contribution in [2.75, 3.05) is 18.0 Å². The number of para-hydroxylation sites is 1. The first-order valence-electron chi connectivity index (χ1n) is 5.16. The largest absolute Gasteiger partial charge is 0.389 e. The summed E-state index contributed by atoms with van der Waals surface area (Å²) >= 11 is 0. The zero-order valence-electron chi connectivity index (χ0n) is 9.27. The Labute approximate surface area is 91.5 Å². The van der Waals surface area contributed by atoms with Crippen molar-refractivity contribution in [3.63, 3.8) is 0 Å². The minimum absolute atomic E-state index is 0.465. The van der Waals surface area contributed by atoms with Crippen LogP contribution >= 0.6 is 0 Å². The van der Waals surface area contributed by atoms with E-state index >= 15 is 0 Å². The van der Waals surface area contributed by atoms with Gasteiger partial charge in [-0.15, -0.1) is 6.42 Å². The quantitative estimate of drug-likeness (QED) is 0.758. The van der Waals surface area contributed by atoms with E-state index in [0.717, 1.165) is 17.8 Å². The Morgan fingerprint density at radius 2 is 2.13 bits per heavy atom. The Morgan fingerprint density at radius 1 is 1.47 bits per heavy atom. The molecule has 1 rings (SSSR count). The fraction of sp³-hybridized carbons (Fsp3) is 0.385. The Hall–Kier alpha value is -1.46. The van der Waals surface area contributed by atoms with Crippen molar-refractivity contribution in [3.8, 4) is 12.3 Å². The average molecular weight is 203 g/mol. The standard InChI is InChI=1S/C13H17NO/c1-4-10-14(5-2)13-9-7-6-8-12(13)11(3)15/h1,6-9,11,15H,5,10H2,2-3H3/t11-/m1/s1. The molecule has 1 atom stereocenters. The molecule has 0 spiro atoms. The van der Waals surface area contributed by atoms with Gasteiger partial charge in [0, 0.05) is 17.8 Å². The van der Waals surface area contributed by atoms with Crippen LogP contribution in [-0.4, -0.2) is 18.2 Å². The molecule has 1 N–H and O–H groups in total. The minimum atomic E-state index is -0.465. The summed E-state index contributed by atoms with van der Waals surface area (Å²) in [6.07, 6.45) is 4.85. The van der Waals surface area contributed by atoms with Crippen LogP contribution < -0.4 is 4.90 Å². The zero-order valence-corrected chi connectivity index (χ0v) is 9.27. The highest BCUT2D eigenvalue weighted by Gasteiger charge is 2.11. The number of anilines is 1. The zero-order chi connectivity index (χ0) is 11.3. The Balaban J connectivity index is 3.06. The van der Waals surface area contributed by atoms with E-state index in [-0.39, 0.29) is 0 Å². The number of rotatable bonds is 4. The second-order valence-corrected chi connectivity index (χ2v) is 3.45. The molecule has 1 aromatic rings. The first kappa shape index (κ1) is 11.6. The smallest absolute Gasteiger partial charge is 0.0791 e. The third-order valence-corrected chi connectivity index (χ3v) is 2.39. The molecule has 0 heterocycles. The van der Waals surface area contributed by atoms with Crippen molar-refractivity contribution in [2.24, 2.45) is 0 Å². The van der Waals surface area contributed by atoms with Crippen LogP contribution in [0.2, 0.25) is 0 Å². The molecule has 1 aromatic carbocycles. The van der Waals surface area contributed by atoms with Crippen LogP contribution in [0.3, 0.4) is 0 Å². The molecule has 0 aliphatic rings. The van der Waals surface area contributed by atoms with Crippen molar-refractivity contribution < 1.29 is 5.11 Å². The van der Waals surface area contributed by atoms with E-state index in [4.69, 9.17) is 6.42 Å². The van der Waals surface area contributed by atoms with Gasteiger partial charge < -0.3 is 10.0 Å². The van der Waals surface area contributed by atoms with Gasteiger partial charge in [0.25, 0.3) is 0 Å². The average Bonchev–Trinajstić information content (AvgIpc) is 2.26. The molecule has 0 aliphatic carbocycles. The maximum absolute atomic E-state index is 9.64. The fourth-order valence-electron chi connectivity index (χ4n) is 1.61. The third-order valence-electron chi connectivity index (χ3n) is 2.39. The molecule has 0 bridgehead atoms. The lowest BCUT2D eigenvalue weighted by atomic mass is 10.1. The van der Waals surface area contributed by atoms with Gasteiger partial charge in [0.2, 0.25) is 0 Å². The fourth-order valence-corrected chi connectivity index (χ4v) is 1.61. The number of aliphatic hydroxyl groups excluding tert-OH is 1. The SMILES string of the molecule is C#CCN(CC)c1ccccc1[C@@H](C)O. The first-order valence-corrected chi connectivity index (χ1v) is 5.16. The van der Waals surface area contributed by atoms with Gasteiger partial charge in [-0.1, -0.05) is 24.1 Å². The van der Waals surface area contributed by atoms with Gasteiger partial charge in [0.1, 0.15) is 0 Å². The normalized spacial score (nSPS) is 11.9. The Bertz CT molecular complexity index is 352. The molecule has 0 radical (unpaired) electrons. The van der Waals surface area contributed by atoms with Crippen LogP contribution in [0.15, 0.2) is 24.3 Å². The van der Waals surface area contributed by atoms with Crippen molar-refractivity contribution in [2.45, 2.75) is 20.0 Å². The van der Waals surface area contributed by atoms with E-state index in [9.17, 15) is 5.11 Å². The van der Waals surface area contributed by atoms with Crippen LogP contribution in [0.5, 0.6) is 0 Å². The van der Waals surface area contributed by atoms with E-state index in [2.05, 4.69) is 17.7 Å². The summed E-state index contributed by atoms with van der Waals surface area (Å²) in [5, 5.41) is 9.64. The highest BCUT2D eigenvalue weighted by Crippen LogP contribution is 2.25.